The number of aryl methyl sites for hydroxylation is 1. The van der Waals surface area contributed by atoms with Gasteiger partial charge in [-0.05, 0) is 24.2 Å². The van der Waals surface area contributed by atoms with Gasteiger partial charge in [0.25, 0.3) is 0 Å². The zero-order valence-electron chi connectivity index (χ0n) is 7.72. The predicted molar refractivity (Wildman–Crippen MR) is 59.9 cm³/mol. The van der Waals surface area contributed by atoms with Crippen LogP contribution in [0.15, 0.2) is 4.34 Å². The molecule has 2 rings (SSSR count). The van der Waals surface area contributed by atoms with Crippen LogP contribution in [0.2, 0.25) is 0 Å². The van der Waals surface area contributed by atoms with Crippen molar-refractivity contribution in [1.82, 2.24) is 19.8 Å². The molecule has 0 saturated carbocycles. The van der Waals surface area contributed by atoms with Gasteiger partial charge in [-0.2, -0.15) is 0 Å². The summed E-state index contributed by atoms with van der Waals surface area (Å²) in [7, 11) is 0. The zero-order chi connectivity index (χ0) is 9.97. The second kappa shape index (κ2) is 4.33. The fourth-order valence-corrected chi connectivity index (χ4v) is 3.43. The molecular weight excluding hydrogens is 236 g/mol. The third kappa shape index (κ3) is 1.94. The number of aromatic nitrogens is 4. The summed E-state index contributed by atoms with van der Waals surface area (Å²) in [6, 6.07) is 0. The van der Waals surface area contributed by atoms with E-state index in [2.05, 4.69) is 26.7 Å². The van der Waals surface area contributed by atoms with Crippen molar-refractivity contribution in [2.75, 3.05) is 5.75 Å². The average molecular weight is 244 g/mol. The molecule has 0 fully saturated rings. The smallest absolute Gasteiger partial charge is 0.143 e. The number of nitrogens with zero attached hydrogens (tertiary/aromatic N) is 4. The highest BCUT2D eigenvalue weighted by molar-refractivity contribution is 8.01. The molecule has 0 radical (unpaired) electrons. The van der Waals surface area contributed by atoms with Gasteiger partial charge in [-0.15, -0.1) is 15.3 Å². The summed E-state index contributed by atoms with van der Waals surface area (Å²) in [5, 5.41) is 13.1. The molecule has 0 aromatic carbocycles. The van der Waals surface area contributed by atoms with Crippen LogP contribution in [0.5, 0.6) is 0 Å². The molecule has 2 heterocycles. The normalized spacial score (nSPS) is 10.7. The van der Waals surface area contributed by atoms with E-state index in [0.717, 1.165) is 25.7 Å². The number of thioether (sulfide) groups is 1. The van der Waals surface area contributed by atoms with Gasteiger partial charge in [-0.25, -0.2) is 0 Å². The van der Waals surface area contributed by atoms with Crippen LogP contribution in [0.1, 0.15) is 12.6 Å². The van der Waals surface area contributed by atoms with Crippen LogP contribution in [-0.2, 0) is 0 Å². The zero-order valence-corrected chi connectivity index (χ0v) is 10.2. The van der Waals surface area contributed by atoms with Crippen molar-refractivity contribution < 1.29 is 0 Å². The van der Waals surface area contributed by atoms with Crippen molar-refractivity contribution in [3.8, 4) is 9.88 Å². The van der Waals surface area contributed by atoms with Gasteiger partial charge in [0.1, 0.15) is 4.88 Å². The van der Waals surface area contributed by atoms with E-state index in [1.165, 1.54) is 11.5 Å². The summed E-state index contributed by atoms with van der Waals surface area (Å²) < 4.78 is 4.89. The number of hydrogen-bond acceptors (Lipinski definition) is 7. The van der Waals surface area contributed by atoms with Gasteiger partial charge in [0.15, 0.2) is 9.35 Å². The number of rotatable bonds is 3. The summed E-state index contributed by atoms with van der Waals surface area (Å²) in [5.74, 6) is 1.02. The minimum atomic E-state index is 0.924. The lowest BCUT2D eigenvalue weighted by molar-refractivity contribution is 1.01. The Morgan fingerprint density at radius 3 is 2.79 bits per heavy atom. The Bertz CT molecular complexity index is 422. The molecule has 0 amide bonds. The lowest BCUT2D eigenvalue weighted by Gasteiger charge is -1.86. The summed E-state index contributed by atoms with van der Waals surface area (Å²) in [6.45, 7) is 4.04. The standard InChI is InChI=1S/C7H8N4S3/c1-3-12-7-10-9-6(13-7)5-4(2)8-11-14-5/h3H2,1-2H3. The van der Waals surface area contributed by atoms with E-state index in [0.29, 0.717) is 0 Å². The molecule has 0 spiro atoms. The fourth-order valence-electron chi connectivity index (χ4n) is 0.911. The Morgan fingerprint density at radius 2 is 2.14 bits per heavy atom. The Morgan fingerprint density at radius 1 is 1.29 bits per heavy atom. The van der Waals surface area contributed by atoms with E-state index < -0.39 is 0 Å². The Kier molecular flexibility index (Phi) is 3.09. The molecule has 0 atom stereocenters. The maximum Gasteiger partial charge on any atom is 0.174 e. The maximum atomic E-state index is 4.12. The maximum absolute atomic E-state index is 4.12. The largest absolute Gasteiger partial charge is 0.174 e. The van der Waals surface area contributed by atoms with Gasteiger partial charge in [0.2, 0.25) is 0 Å². The summed E-state index contributed by atoms with van der Waals surface area (Å²) in [5.41, 5.74) is 0.930. The first-order valence-corrected chi connectivity index (χ1v) is 6.64. The molecule has 0 aliphatic carbocycles. The lowest BCUT2D eigenvalue weighted by atomic mass is 10.4. The van der Waals surface area contributed by atoms with Crippen LogP contribution in [0.4, 0.5) is 0 Å². The van der Waals surface area contributed by atoms with Gasteiger partial charge in [0, 0.05) is 0 Å². The minimum absolute atomic E-state index is 0.924. The summed E-state index contributed by atoms with van der Waals surface area (Å²) >= 11 is 4.68. The van der Waals surface area contributed by atoms with Crippen LogP contribution in [0.3, 0.4) is 0 Å². The van der Waals surface area contributed by atoms with Crippen molar-refractivity contribution >= 4 is 34.6 Å². The van der Waals surface area contributed by atoms with Crippen molar-refractivity contribution in [2.45, 2.75) is 18.2 Å². The van der Waals surface area contributed by atoms with Crippen molar-refractivity contribution in [3.05, 3.63) is 5.69 Å². The summed E-state index contributed by atoms with van der Waals surface area (Å²) in [6.07, 6.45) is 0. The Hall–Kier alpha value is -0.530. The second-order valence-electron chi connectivity index (χ2n) is 2.49. The molecule has 2 aromatic heterocycles. The highest BCUT2D eigenvalue weighted by Gasteiger charge is 2.11. The first-order valence-electron chi connectivity index (χ1n) is 4.07. The van der Waals surface area contributed by atoms with Crippen LogP contribution >= 0.6 is 34.6 Å². The molecule has 14 heavy (non-hydrogen) atoms. The molecule has 74 valence electrons. The highest BCUT2D eigenvalue weighted by Crippen LogP contribution is 2.32. The molecule has 0 aliphatic rings. The first-order chi connectivity index (χ1) is 6.81. The van der Waals surface area contributed by atoms with Crippen molar-refractivity contribution in [3.63, 3.8) is 0 Å². The molecule has 7 heteroatoms. The molecule has 0 N–H and O–H groups in total. The molecule has 4 nitrogen and oxygen atoms in total. The van der Waals surface area contributed by atoms with Crippen LogP contribution in [-0.4, -0.2) is 25.5 Å². The van der Waals surface area contributed by atoms with E-state index in [9.17, 15) is 0 Å². The SMILES string of the molecule is CCSc1nnc(-c2snnc2C)s1. The summed E-state index contributed by atoms with van der Waals surface area (Å²) in [4.78, 5) is 1.03. The third-order valence-electron chi connectivity index (χ3n) is 1.52. The van der Waals surface area contributed by atoms with E-state index in [1.807, 2.05) is 6.92 Å². The van der Waals surface area contributed by atoms with E-state index in [-0.39, 0.29) is 0 Å². The monoisotopic (exact) mass is 244 g/mol. The van der Waals surface area contributed by atoms with Crippen LogP contribution in [0, 0.1) is 6.92 Å². The quantitative estimate of drug-likeness (QED) is 0.776. The second-order valence-corrected chi connectivity index (χ2v) is 5.74. The van der Waals surface area contributed by atoms with E-state index in [1.54, 1.807) is 23.1 Å². The molecule has 0 bridgehead atoms. The minimum Gasteiger partial charge on any atom is -0.143 e. The third-order valence-corrected chi connectivity index (χ3v) is 4.44. The van der Waals surface area contributed by atoms with Gasteiger partial charge < -0.3 is 0 Å². The Labute approximate surface area is 93.9 Å². The first kappa shape index (κ1) is 10.0. The van der Waals surface area contributed by atoms with E-state index >= 15 is 0 Å². The van der Waals surface area contributed by atoms with Crippen LogP contribution in [0.25, 0.3) is 9.88 Å². The van der Waals surface area contributed by atoms with Crippen molar-refractivity contribution in [2.24, 2.45) is 0 Å². The van der Waals surface area contributed by atoms with Gasteiger partial charge >= 0.3 is 0 Å². The molecular formula is C7H8N4S3. The molecule has 0 unspecified atom stereocenters. The van der Waals surface area contributed by atoms with Gasteiger partial charge in [-0.1, -0.05) is 34.5 Å². The predicted octanol–water partition coefficient (Wildman–Crippen LogP) is 2.48. The fraction of sp³-hybridized carbons (Fsp3) is 0.429. The average Bonchev–Trinajstić information content (AvgIpc) is 2.74. The number of hydrogen-bond donors (Lipinski definition) is 0. The Balaban J connectivity index is 2.29. The molecule has 0 saturated heterocycles. The topological polar surface area (TPSA) is 51.6 Å². The van der Waals surface area contributed by atoms with Crippen molar-refractivity contribution in [1.29, 1.82) is 0 Å². The molecule has 2 aromatic rings. The molecule has 0 aliphatic heterocycles. The van der Waals surface area contributed by atoms with E-state index in [4.69, 9.17) is 0 Å². The lowest BCUT2D eigenvalue weighted by Crippen LogP contribution is -1.76. The highest BCUT2D eigenvalue weighted by atomic mass is 32.2. The van der Waals surface area contributed by atoms with Gasteiger partial charge in [-0.3, -0.25) is 0 Å². The van der Waals surface area contributed by atoms with Crippen LogP contribution < -0.4 is 0 Å². The van der Waals surface area contributed by atoms with Gasteiger partial charge in [0.05, 0.1) is 5.69 Å².